The van der Waals surface area contributed by atoms with Crippen molar-refractivity contribution < 1.29 is 18.5 Å². The van der Waals surface area contributed by atoms with Gasteiger partial charge in [0.1, 0.15) is 6.04 Å². The summed E-state index contributed by atoms with van der Waals surface area (Å²) >= 11 is 6.07. The Morgan fingerprint density at radius 2 is 1.74 bits per heavy atom. The highest BCUT2D eigenvalue weighted by Crippen LogP contribution is 2.19. The van der Waals surface area contributed by atoms with Gasteiger partial charge < -0.3 is 10.6 Å². The Morgan fingerprint density at radius 3 is 2.33 bits per heavy atom. The monoisotopic (exact) mass is 407 g/mol. The maximum Gasteiger partial charge on any atom is 0.275 e. The minimum absolute atomic E-state index is 0.0170. The molecule has 1 aliphatic rings. The van der Waals surface area contributed by atoms with Gasteiger partial charge in [0.2, 0.25) is 0 Å². The number of aryl methyl sites for hydroxylation is 1. The summed E-state index contributed by atoms with van der Waals surface area (Å²) in [6, 6.07) is 17.7. The van der Waals surface area contributed by atoms with Gasteiger partial charge in [-0.15, -0.1) is 11.6 Å². The molecule has 5 nitrogen and oxygen atoms in total. The lowest BCUT2D eigenvalue weighted by molar-refractivity contribution is -0.676. The number of hydrogen-bond donors (Lipinski definition) is 2. The molecule has 0 aliphatic carbocycles. The van der Waals surface area contributed by atoms with Crippen LogP contribution in [0.4, 0.5) is 0 Å². The second-order valence-electron chi connectivity index (χ2n) is 7.01. The van der Waals surface area contributed by atoms with Crippen molar-refractivity contribution in [2.45, 2.75) is 24.4 Å². The minimum Gasteiger partial charge on any atom is -0.346 e. The Bertz CT molecular complexity index is 885. The Morgan fingerprint density at radius 1 is 1.11 bits per heavy atom. The molecule has 0 bridgehead atoms. The Balaban J connectivity index is 1.68. The van der Waals surface area contributed by atoms with E-state index in [2.05, 4.69) is 29.6 Å². The van der Waals surface area contributed by atoms with Crippen LogP contribution in [-0.2, 0) is 14.6 Å². The number of carbonyl (C=O) groups excluding carboxylic acids is 1. The lowest BCUT2D eigenvalue weighted by Crippen LogP contribution is -2.88. The van der Waals surface area contributed by atoms with Crippen molar-refractivity contribution in [2.75, 3.05) is 18.1 Å². The molecule has 7 heteroatoms. The summed E-state index contributed by atoms with van der Waals surface area (Å²) in [4.78, 5) is 12.4. The molecule has 1 amide bonds. The van der Waals surface area contributed by atoms with E-state index in [0.717, 1.165) is 11.1 Å². The fraction of sp³-hybridized carbons (Fsp3) is 0.350. The van der Waals surface area contributed by atoms with Gasteiger partial charge in [-0.2, -0.15) is 0 Å². The molecule has 1 heterocycles. The van der Waals surface area contributed by atoms with Crippen molar-refractivity contribution in [3.63, 3.8) is 0 Å². The van der Waals surface area contributed by atoms with Gasteiger partial charge in [0.15, 0.2) is 16.4 Å². The van der Waals surface area contributed by atoms with Gasteiger partial charge >= 0.3 is 0 Å². The molecule has 0 spiro atoms. The smallest absolute Gasteiger partial charge is 0.275 e. The fourth-order valence-corrected chi connectivity index (χ4v) is 5.88. The van der Waals surface area contributed by atoms with Gasteiger partial charge in [-0.1, -0.05) is 60.2 Å². The zero-order chi connectivity index (χ0) is 19.4. The molecular weight excluding hydrogens is 384 g/mol. The summed E-state index contributed by atoms with van der Waals surface area (Å²) in [6.45, 7) is 2.23. The molecule has 144 valence electrons. The van der Waals surface area contributed by atoms with Crippen LogP contribution in [0.3, 0.4) is 0 Å². The maximum absolute atomic E-state index is 12.4. The summed E-state index contributed by atoms with van der Waals surface area (Å²) in [5, 5.41) is 4.16. The summed E-state index contributed by atoms with van der Waals surface area (Å²) in [6.07, 6.45) is 0. The first-order chi connectivity index (χ1) is 12.8. The van der Waals surface area contributed by atoms with Crippen molar-refractivity contribution in [1.82, 2.24) is 5.32 Å². The highest BCUT2D eigenvalue weighted by molar-refractivity contribution is 7.91. The van der Waals surface area contributed by atoms with Crippen LogP contribution in [0, 0.1) is 6.92 Å². The summed E-state index contributed by atoms with van der Waals surface area (Å²) in [7, 11) is -3.17. The van der Waals surface area contributed by atoms with E-state index in [4.69, 9.17) is 11.6 Å². The summed E-state index contributed by atoms with van der Waals surface area (Å²) < 4.78 is 23.3. The minimum atomic E-state index is -3.17. The van der Waals surface area contributed by atoms with Gasteiger partial charge in [-0.05, 0) is 6.92 Å². The van der Waals surface area contributed by atoms with E-state index in [-0.39, 0.29) is 30.0 Å². The molecule has 3 N–H and O–H groups in total. The first-order valence-corrected chi connectivity index (χ1v) is 11.2. The number of carbonyl (C=O) groups is 1. The predicted molar refractivity (Wildman–Crippen MR) is 106 cm³/mol. The van der Waals surface area contributed by atoms with E-state index in [1.165, 1.54) is 5.56 Å². The molecule has 3 rings (SSSR count). The number of alkyl halides is 1. The lowest BCUT2D eigenvalue weighted by atomic mass is 9.98. The second-order valence-corrected chi connectivity index (χ2v) is 9.72. The molecule has 27 heavy (non-hydrogen) atoms. The van der Waals surface area contributed by atoms with E-state index >= 15 is 0 Å². The first kappa shape index (κ1) is 19.9. The Hall–Kier alpha value is -1.89. The Kier molecular flexibility index (Phi) is 6.19. The van der Waals surface area contributed by atoms with Crippen LogP contribution >= 0.6 is 11.6 Å². The number of quaternary nitrogens is 1. The normalized spacial score (nSPS) is 22.3. The third-order valence-electron chi connectivity index (χ3n) is 4.76. The molecule has 0 radical (unpaired) electrons. The van der Waals surface area contributed by atoms with E-state index in [0.29, 0.717) is 0 Å². The molecule has 0 unspecified atom stereocenters. The van der Waals surface area contributed by atoms with Crippen LogP contribution in [0.2, 0.25) is 0 Å². The second kappa shape index (κ2) is 8.42. The Labute approximate surface area is 165 Å². The quantitative estimate of drug-likeness (QED) is 0.705. The molecule has 1 saturated heterocycles. The highest BCUT2D eigenvalue weighted by atomic mass is 35.5. The van der Waals surface area contributed by atoms with Crippen LogP contribution < -0.4 is 10.6 Å². The van der Waals surface area contributed by atoms with Gasteiger partial charge in [0, 0.05) is 11.1 Å². The van der Waals surface area contributed by atoms with Gasteiger partial charge in [0.05, 0.1) is 22.9 Å². The molecule has 1 aliphatic heterocycles. The van der Waals surface area contributed by atoms with Crippen LogP contribution in [0.5, 0.6) is 0 Å². The van der Waals surface area contributed by atoms with E-state index in [1.807, 2.05) is 42.6 Å². The van der Waals surface area contributed by atoms with Crippen molar-refractivity contribution >= 4 is 27.3 Å². The van der Waals surface area contributed by atoms with Crippen molar-refractivity contribution in [3.05, 3.63) is 71.3 Å². The number of nitrogens with two attached hydrogens (primary N) is 1. The van der Waals surface area contributed by atoms with Gasteiger partial charge in [-0.3, -0.25) is 4.79 Å². The average Bonchev–Trinajstić information content (AvgIpc) is 2.89. The molecule has 0 saturated carbocycles. The third kappa shape index (κ3) is 5.31. The standard InChI is InChI=1S/C20H23ClN2O3S/c1-14-7-9-16(10-8-14)20(15-5-3-2-4-6-15)22-11-19(24)23-18-13-27(25,26)12-17(18)21/h2-10,17-18,20,22H,11-13H2,1H3,(H,23,24)/p+1/t17-,18-,20+/m0/s1. The average molecular weight is 408 g/mol. The largest absolute Gasteiger partial charge is 0.346 e. The third-order valence-corrected chi connectivity index (χ3v) is 7.14. The number of sulfone groups is 1. The number of benzene rings is 2. The number of halogens is 1. The molecule has 3 atom stereocenters. The molecule has 1 fully saturated rings. The SMILES string of the molecule is Cc1ccc([C@H]([NH2+]CC(=O)N[C@H]2CS(=O)(=O)C[C@@H]2Cl)c2ccccc2)cc1. The zero-order valence-electron chi connectivity index (χ0n) is 15.1. The number of hydrogen-bond acceptors (Lipinski definition) is 3. The summed E-state index contributed by atoms with van der Waals surface area (Å²) in [5.74, 6) is -0.387. The molecular formula is C20H24ClN2O3S+. The van der Waals surface area contributed by atoms with E-state index in [1.54, 1.807) is 0 Å². The topological polar surface area (TPSA) is 79.8 Å². The van der Waals surface area contributed by atoms with Crippen molar-refractivity contribution in [1.29, 1.82) is 0 Å². The van der Waals surface area contributed by atoms with Crippen molar-refractivity contribution in [2.24, 2.45) is 0 Å². The van der Waals surface area contributed by atoms with Crippen LogP contribution in [0.25, 0.3) is 0 Å². The fourth-order valence-electron chi connectivity index (χ4n) is 3.33. The molecule has 0 aromatic heterocycles. The van der Waals surface area contributed by atoms with E-state index < -0.39 is 21.3 Å². The number of nitrogens with one attached hydrogen (secondary N) is 1. The molecule has 2 aromatic carbocycles. The highest BCUT2D eigenvalue weighted by Gasteiger charge is 2.37. The van der Waals surface area contributed by atoms with Crippen LogP contribution in [0.15, 0.2) is 54.6 Å². The van der Waals surface area contributed by atoms with Gasteiger partial charge in [-0.25, -0.2) is 8.42 Å². The van der Waals surface area contributed by atoms with E-state index in [9.17, 15) is 13.2 Å². The number of amides is 1. The van der Waals surface area contributed by atoms with Crippen molar-refractivity contribution in [3.8, 4) is 0 Å². The van der Waals surface area contributed by atoms with Crippen LogP contribution in [0.1, 0.15) is 22.7 Å². The predicted octanol–water partition coefficient (Wildman–Crippen LogP) is 1.17. The van der Waals surface area contributed by atoms with Gasteiger partial charge in [0.25, 0.3) is 5.91 Å². The van der Waals surface area contributed by atoms with Crippen LogP contribution in [-0.4, -0.2) is 43.8 Å². The first-order valence-electron chi connectivity index (χ1n) is 8.93. The number of rotatable bonds is 6. The summed E-state index contributed by atoms with van der Waals surface area (Å²) in [5.41, 5.74) is 3.39. The molecule has 2 aromatic rings. The lowest BCUT2D eigenvalue weighted by Gasteiger charge is -2.18. The zero-order valence-corrected chi connectivity index (χ0v) is 16.7. The maximum atomic E-state index is 12.4.